The van der Waals surface area contributed by atoms with Crippen LogP contribution in [0, 0.1) is 13.8 Å². The van der Waals surface area contributed by atoms with E-state index >= 15 is 0 Å². The molecule has 0 aromatic carbocycles. The molecule has 0 saturated carbocycles. The molecule has 0 aliphatic carbocycles. The Labute approximate surface area is 106 Å². The SMILES string of the molecule is C=C/C=c1\c(=C)sc2c(C)nc(C)nc12.CC. The second-order valence-electron chi connectivity index (χ2n) is 3.38. The molecule has 0 N–H and O–H groups in total. The van der Waals surface area contributed by atoms with Crippen molar-refractivity contribution in [3.05, 3.63) is 33.9 Å². The molecule has 0 aliphatic heterocycles. The van der Waals surface area contributed by atoms with E-state index in [0.29, 0.717) is 0 Å². The van der Waals surface area contributed by atoms with Crippen LogP contribution in [0.25, 0.3) is 22.9 Å². The van der Waals surface area contributed by atoms with E-state index in [2.05, 4.69) is 23.1 Å². The van der Waals surface area contributed by atoms with Gasteiger partial charge in [0.2, 0.25) is 0 Å². The van der Waals surface area contributed by atoms with Crippen LogP contribution in [0.3, 0.4) is 0 Å². The van der Waals surface area contributed by atoms with Gasteiger partial charge in [-0.15, -0.1) is 11.3 Å². The van der Waals surface area contributed by atoms with E-state index in [1.165, 1.54) is 0 Å². The summed E-state index contributed by atoms with van der Waals surface area (Å²) in [4.78, 5) is 8.80. The van der Waals surface area contributed by atoms with Gasteiger partial charge in [-0.25, -0.2) is 9.97 Å². The Morgan fingerprint density at radius 1 is 1.18 bits per heavy atom. The molecule has 0 saturated heterocycles. The lowest BCUT2D eigenvalue weighted by atomic mass is 10.3. The summed E-state index contributed by atoms with van der Waals surface area (Å²) in [5, 5.41) is 1.07. The molecule has 2 aromatic rings. The number of aryl methyl sites for hydroxylation is 2. The van der Waals surface area contributed by atoms with Gasteiger partial charge in [-0.3, -0.25) is 0 Å². The van der Waals surface area contributed by atoms with Crippen molar-refractivity contribution in [2.75, 3.05) is 0 Å². The minimum atomic E-state index is 0.802. The van der Waals surface area contributed by atoms with Gasteiger partial charge in [-0.2, -0.15) is 0 Å². The second kappa shape index (κ2) is 5.73. The molecule has 17 heavy (non-hydrogen) atoms. The Bertz CT molecular complexity index is 638. The van der Waals surface area contributed by atoms with Gasteiger partial charge in [0, 0.05) is 9.75 Å². The molecule has 90 valence electrons. The number of thiophene rings is 1. The fourth-order valence-electron chi connectivity index (χ4n) is 1.61. The van der Waals surface area contributed by atoms with E-state index in [1.54, 1.807) is 17.4 Å². The Kier molecular flexibility index (Phi) is 4.58. The molecule has 0 atom stereocenters. The first kappa shape index (κ1) is 13.6. The molecule has 3 heteroatoms. The van der Waals surface area contributed by atoms with E-state index in [9.17, 15) is 0 Å². The first-order valence-corrected chi connectivity index (χ1v) is 6.50. The van der Waals surface area contributed by atoms with Gasteiger partial charge >= 0.3 is 0 Å². The molecule has 0 radical (unpaired) electrons. The normalized spacial score (nSPS) is 11.2. The summed E-state index contributed by atoms with van der Waals surface area (Å²) < 4.78 is 2.15. The molecule has 0 aliphatic rings. The van der Waals surface area contributed by atoms with E-state index < -0.39 is 0 Å². The molecule has 2 heterocycles. The Balaban J connectivity index is 0.000000686. The van der Waals surface area contributed by atoms with E-state index in [-0.39, 0.29) is 0 Å². The zero-order valence-electron chi connectivity index (χ0n) is 10.9. The quantitative estimate of drug-likeness (QED) is 0.773. The van der Waals surface area contributed by atoms with E-state index in [1.807, 2.05) is 33.8 Å². The van der Waals surface area contributed by atoms with Crippen LogP contribution < -0.4 is 9.75 Å². The highest BCUT2D eigenvalue weighted by Crippen LogP contribution is 2.14. The number of fused-ring (bicyclic) bond motifs is 1. The van der Waals surface area contributed by atoms with Gasteiger partial charge < -0.3 is 0 Å². The van der Waals surface area contributed by atoms with Crippen LogP contribution in [-0.4, -0.2) is 9.97 Å². The molecule has 2 nitrogen and oxygen atoms in total. The zero-order chi connectivity index (χ0) is 13.0. The van der Waals surface area contributed by atoms with Crippen molar-refractivity contribution in [2.24, 2.45) is 0 Å². The van der Waals surface area contributed by atoms with Crippen LogP contribution >= 0.6 is 11.3 Å². The van der Waals surface area contributed by atoms with Gasteiger partial charge in [0.15, 0.2) is 0 Å². The van der Waals surface area contributed by atoms with Crippen molar-refractivity contribution in [3.63, 3.8) is 0 Å². The lowest BCUT2D eigenvalue weighted by Gasteiger charge is -1.96. The summed E-state index contributed by atoms with van der Waals surface area (Å²) >= 11 is 1.64. The minimum Gasteiger partial charge on any atom is -0.237 e. The summed E-state index contributed by atoms with van der Waals surface area (Å²) in [5.41, 5.74) is 2.02. The third kappa shape index (κ3) is 2.61. The maximum absolute atomic E-state index is 4.46. The summed E-state index contributed by atoms with van der Waals surface area (Å²) in [6.07, 6.45) is 3.72. The number of hydrogen-bond donors (Lipinski definition) is 0. The highest BCUT2D eigenvalue weighted by atomic mass is 32.1. The molecule has 0 spiro atoms. The first-order valence-electron chi connectivity index (χ1n) is 5.69. The third-order valence-corrected chi connectivity index (χ3v) is 3.37. The second-order valence-corrected chi connectivity index (χ2v) is 4.48. The van der Waals surface area contributed by atoms with Gasteiger partial charge in [0.1, 0.15) is 5.82 Å². The molecule has 2 aromatic heterocycles. The lowest BCUT2D eigenvalue weighted by molar-refractivity contribution is 1.05. The number of hydrogen-bond acceptors (Lipinski definition) is 3. The summed E-state index contributed by atoms with van der Waals surface area (Å²) in [6, 6.07) is 0. The van der Waals surface area contributed by atoms with Crippen molar-refractivity contribution in [2.45, 2.75) is 27.7 Å². The average molecular weight is 246 g/mol. The molecule has 0 amide bonds. The van der Waals surface area contributed by atoms with E-state index in [0.717, 1.165) is 31.5 Å². The highest BCUT2D eigenvalue weighted by Gasteiger charge is 2.06. The predicted octanol–water partition coefficient (Wildman–Crippen LogP) is 2.71. The summed E-state index contributed by atoms with van der Waals surface area (Å²) in [6.45, 7) is 15.6. The van der Waals surface area contributed by atoms with Crippen molar-refractivity contribution < 1.29 is 0 Å². The molecular formula is C14H18N2S. The Hall–Kier alpha value is -1.48. The first-order chi connectivity index (χ1) is 8.13. The largest absolute Gasteiger partial charge is 0.237 e. The minimum absolute atomic E-state index is 0.802. The lowest BCUT2D eigenvalue weighted by Crippen LogP contribution is -2.17. The predicted molar refractivity (Wildman–Crippen MR) is 77.7 cm³/mol. The Morgan fingerprint density at radius 3 is 2.41 bits per heavy atom. The van der Waals surface area contributed by atoms with Crippen LogP contribution in [0.1, 0.15) is 25.4 Å². The van der Waals surface area contributed by atoms with Crippen LogP contribution in [0.5, 0.6) is 0 Å². The zero-order valence-corrected chi connectivity index (χ0v) is 11.7. The van der Waals surface area contributed by atoms with Crippen LogP contribution in [-0.2, 0) is 0 Å². The molecule has 0 bridgehead atoms. The molecule has 0 fully saturated rings. The standard InChI is InChI=1S/C12H12N2S.C2H6/c1-5-6-10-8(3)15-12-7(2)13-9(4)14-11(10)12;1-2/h5-6H,1,3H2,2,4H3;1-2H3/b10-6+;. The summed E-state index contributed by atoms with van der Waals surface area (Å²) in [7, 11) is 0. The van der Waals surface area contributed by atoms with Gasteiger partial charge in [-0.05, 0) is 13.8 Å². The smallest absolute Gasteiger partial charge is 0.126 e. The van der Waals surface area contributed by atoms with Crippen molar-refractivity contribution in [1.82, 2.24) is 9.97 Å². The van der Waals surface area contributed by atoms with Crippen LogP contribution in [0.15, 0.2) is 12.7 Å². The van der Waals surface area contributed by atoms with Crippen molar-refractivity contribution >= 4 is 34.2 Å². The fourth-order valence-corrected chi connectivity index (χ4v) is 2.57. The van der Waals surface area contributed by atoms with E-state index in [4.69, 9.17) is 0 Å². The monoisotopic (exact) mass is 246 g/mol. The third-order valence-electron chi connectivity index (χ3n) is 2.21. The number of rotatable bonds is 1. The van der Waals surface area contributed by atoms with Gasteiger partial charge in [0.25, 0.3) is 0 Å². The molecule has 0 unspecified atom stereocenters. The average Bonchev–Trinajstić information content (AvgIpc) is 2.61. The van der Waals surface area contributed by atoms with Crippen molar-refractivity contribution in [3.8, 4) is 0 Å². The topological polar surface area (TPSA) is 25.8 Å². The fraction of sp³-hybridized carbons (Fsp3) is 0.286. The maximum atomic E-state index is 4.46. The number of nitrogens with zero attached hydrogens (tertiary/aromatic N) is 2. The van der Waals surface area contributed by atoms with Gasteiger partial charge in [0.05, 0.1) is 15.9 Å². The van der Waals surface area contributed by atoms with Crippen LogP contribution in [0.2, 0.25) is 0 Å². The summed E-state index contributed by atoms with van der Waals surface area (Å²) in [5.74, 6) is 0.802. The van der Waals surface area contributed by atoms with Gasteiger partial charge in [-0.1, -0.05) is 39.2 Å². The molecule has 2 rings (SSSR count). The Morgan fingerprint density at radius 2 is 1.82 bits per heavy atom. The maximum Gasteiger partial charge on any atom is 0.126 e. The number of aromatic nitrogens is 2. The molecular weight excluding hydrogens is 228 g/mol. The number of allylic oxidation sites excluding steroid dienone is 1. The highest BCUT2D eigenvalue weighted by molar-refractivity contribution is 7.17. The van der Waals surface area contributed by atoms with Crippen molar-refractivity contribution in [1.29, 1.82) is 0 Å². The van der Waals surface area contributed by atoms with Crippen LogP contribution in [0.4, 0.5) is 0 Å².